The van der Waals surface area contributed by atoms with Crippen molar-refractivity contribution in [3.05, 3.63) is 53.1 Å². The van der Waals surface area contributed by atoms with Crippen molar-refractivity contribution in [2.24, 2.45) is 5.73 Å². The molecule has 77 heavy (non-hydrogen) atoms. The summed E-state index contributed by atoms with van der Waals surface area (Å²) in [7, 11) is -9.45. The van der Waals surface area contributed by atoms with Gasteiger partial charge < -0.3 is 88.2 Å². The van der Waals surface area contributed by atoms with Crippen molar-refractivity contribution in [2.45, 2.75) is 180 Å². The van der Waals surface area contributed by atoms with Crippen LogP contribution in [0.15, 0.2) is 36.4 Å². The molecule has 0 aromatic heterocycles. The summed E-state index contributed by atoms with van der Waals surface area (Å²) in [5, 5.41) is 46.3. The maximum absolute atomic E-state index is 11.0. The fourth-order valence-electron chi connectivity index (χ4n) is 8.53. The third-order valence-corrected chi connectivity index (χ3v) is 29.6. The molecule has 0 aliphatic rings. The first-order chi connectivity index (χ1) is 36.4. The Labute approximate surface area is 472 Å². The number of likely N-dealkylation sites (N-methyl/N-ethyl adjacent to an activating group) is 1. The van der Waals surface area contributed by atoms with Gasteiger partial charge in [0.15, 0.2) is 16.6 Å². The maximum Gasteiger partial charge on any atom is 0.507 e. The summed E-state index contributed by atoms with van der Waals surface area (Å²) in [6.07, 6.45) is 2.04. The first-order valence-electron chi connectivity index (χ1n) is 28.4. The summed E-state index contributed by atoms with van der Waals surface area (Å²) in [4.78, 5) is 0. The van der Waals surface area contributed by atoms with Crippen molar-refractivity contribution < 1.29 is 55.5 Å². The number of ether oxygens (including phenoxy) is 5. The number of nitrogens with two attached hydrogens (primary N) is 2. The molecule has 0 aliphatic carbocycles. The quantitative estimate of drug-likeness (QED) is 0.0228. The molecule has 446 valence electrons. The first kappa shape index (κ1) is 71.6. The molecule has 0 heterocycles. The molecule has 18 nitrogen and oxygen atoms in total. The van der Waals surface area contributed by atoms with Crippen LogP contribution in [0.25, 0.3) is 0 Å². The second kappa shape index (κ2) is 38.3. The third-order valence-electron chi connectivity index (χ3n) is 12.7. The van der Waals surface area contributed by atoms with E-state index in [-0.39, 0.29) is 53.8 Å². The lowest BCUT2D eigenvalue weighted by Crippen LogP contribution is -2.67. The van der Waals surface area contributed by atoms with Crippen molar-refractivity contribution in [1.29, 1.82) is 0 Å². The Balaban J connectivity index is 2.11. The van der Waals surface area contributed by atoms with Gasteiger partial charge in [0.05, 0.1) is 64.6 Å². The highest BCUT2D eigenvalue weighted by Gasteiger charge is 2.53. The van der Waals surface area contributed by atoms with E-state index in [0.29, 0.717) is 65.9 Å². The smallest absolute Gasteiger partial charge is 0.436 e. The van der Waals surface area contributed by atoms with Gasteiger partial charge in [-0.25, -0.2) is 0 Å². The average molecular weight is 1170 g/mol. The van der Waals surface area contributed by atoms with Gasteiger partial charge in [-0.2, -0.15) is 0 Å². The third kappa shape index (κ3) is 30.9. The van der Waals surface area contributed by atoms with E-state index in [2.05, 4.69) is 99.5 Å². The highest BCUT2D eigenvalue weighted by atomic mass is 28.5. The Kier molecular flexibility index (Phi) is 35.6. The summed E-state index contributed by atoms with van der Waals surface area (Å²) in [5.41, 5.74) is 17.4. The van der Waals surface area contributed by atoms with Gasteiger partial charge in [0.2, 0.25) is 9.76 Å². The van der Waals surface area contributed by atoms with Gasteiger partial charge >= 0.3 is 17.4 Å². The molecular formula is C54H108N6O12Si5. The fraction of sp³-hybridized carbons (Fsp3) is 0.778. The van der Waals surface area contributed by atoms with E-state index in [1.165, 1.54) is 5.56 Å². The zero-order valence-electron chi connectivity index (χ0n) is 50.0. The van der Waals surface area contributed by atoms with Gasteiger partial charge in [-0.15, -0.1) is 0 Å². The van der Waals surface area contributed by atoms with Gasteiger partial charge in [-0.1, -0.05) is 50.2 Å². The van der Waals surface area contributed by atoms with Crippen LogP contribution in [0.3, 0.4) is 0 Å². The molecule has 0 saturated heterocycles. The highest BCUT2D eigenvalue weighted by Crippen LogP contribution is 2.31. The lowest BCUT2D eigenvalue weighted by molar-refractivity contribution is 0.0326. The zero-order chi connectivity index (χ0) is 57.5. The molecule has 8 unspecified atom stereocenters. The number of rotatable bonds is 47. The summed E-state index contributed by atoms with van der Waals surface area (Å²) >= 11 is 0. The van der Waals surface area contributed by atoms with Crippen LogP contribution in [-0.4, -0.2) is 194 Å². The van der Waals surface area contributed by atoms with Crippen LogP contribution in [0, 0.1) is 6.92 Å². The number of nitrogen functional groups attached to an aromatic ring is 1. The molecule has 2 aromatic carbocycles. The van der Waals surface area contributed by atoms with Crippen LogP contribution in [0.4, 0.5) is 11.4 Å². The van der Waals surface area contributed by atoms with Gasteiger partial charge in [0.25, 0.3) is 0 Å². The van der Waals surface area contributed by atoms with Gasteiger partial charge in [-0.3, -0.25) is 0 Å². The number of nitrogens with one attached hydrogen (secondary N) is 4. The fourth-order valence-corrected chi connectivity index (χ4v) is 27.8. The SMILES string of the molecule is CCc1cc(CC)c(NCC(O)COCCC[Si](C)(C)O[Si](O[Si]CCCOCC(O)CNC(C)COCC(C)N)(O[Si](C)(C)O[Si](C)(C)CCCOCC(O)CNC(C)COCC(C)NC)c2ccccc2)c(C)c1N. The second-order valence-corrected chi connectivity index (χ2v) is 39.0. The van der Waals surface area contributed by atoms with Crippen LogP contribution in [0.5, 0.6) is 0 Å². The van der Waals surface area contributed by atoms with E-state index in [1.54, 1.807) is 0 Å². The Morgan fingerprint density at radius 1 is 0.610 bits per heavy atom. The molecule has 2 aromatic rings. The molecule has 0 fully saturated rings. The number of aryl methyl sites for hydroxylation is 2. The van der Waals surface area contributed by atoms with Crippen molar-refractivity contribution in [2.75, 3.05) is 104 Å². The molecule has 8 atom stereocenters. The molecule has 2 radical (unpaired) electrons. The standard InChI is InChI=1S/C54H108N6O12Si5/c1-15-47-31-48(16-2)54(46(7)53(47)56)60-34-51(63)41-66-27-22-30-75(11,12)71-77(52-23-18-17-19-24-52,69-73-28-20-25-64-39-49(61)32-58-44(5)37-67-35-42(3)55)72-76(13,14)70-74(9,10)29-21-26-65-40-50(62)33-59-45(6)38-68-36-43(4)57-8/h17-19,23-24,31,42-45,49-51,57-63H,15-16,20-22,25-30,32-41,55-56H2,1-14H3. The Morgan fingerprint density at radius 3 is 1.62 bits per heavy atom. The minimum absolute atomic E-state index is 0.0185. The maximum atomic E-state index is 11.0. The summed E-state index contributed by atoms with van der Waals surface area (Å²) in [6.45, 7) is 32.9. The minimum atomic E-state index is -3.65. The highest BCUT2D eigenvalue weighted by molar-refractivity contribution is 6.94. The number of hydrogen-bond acceptors (Lipinski definition) is 18. The Hall–Kier alpha value is -1.52. The molecular weight excluding hydrogens is 1070 g/mol. The molecule has 0 saturated carbocycles. The lowest BCUT2D eigenvalue weighted by Gasteiger charge is -2.43. The van der Waals surface area contributed by atoms with Gasteiger partial charge in [0, 0.05) is 80.2 Å². The van der Waals surface area contributed by atoms with E-state index in [4.69, 9.17) is 51.6 Å². The summed E-state index contributed by atoms with van der Waals surface area (Å²) in [5.74, 6) is 0. The van der Waals surface area contributed by atoms with Crippen LogP contribution < -0.4 is 37.9 Å². The molecule has 0 amide bonds. The van der Waals surface area contributed by atoms with Crippen molar-refractivity contribution in [1.82, 2.24) is 16.0 Å². The van der Waals surface area contributed by atoms with Crippen LogP contribution in [0.2, 0.25) is 57.4 Å². The average Bonchev–Trinajstić information content (AvgIpc) is 3.36. The molecule has 23 heteroatoms. The molecule has 0 aliphatic heterocycles. The van der Waals surface area contributed by atoms with Gasteiger partial charge in [-0.05, 0) is 148 Å². The van der Waals surface area contributed by atoms with E-state index < -0.39 is 52.3 Å². The van der Waals surface area contributed by atoms with E-state index >= 15 is 0 Å². The zero-order valence-corrected chi connectivity index (χ0v) is 55.0. The van der Waals surface area contributed by atoms with Gasteiger partial charge in [0.1, 0.15) is 0 Å². The number of aliphatic hydroxyl groups is 3. The number of benzene rings is 2. The number of hydrogen-bond donors (Lipinski definition) is 9. The summed E-state index contributed by atoms with van der Waals surface area (Å²) in [6, 6.07) is 15.1. The van der Waals surface area contributed by atoms with Crippen molar-refractivity contribution in [3.63, 3.8) is 0 Å². The lowest BCUT2D eigenvalue weighted by atomic mass is 9.97. The Bertz CT molecular complexity index is 1850. The van der Waals surface area contributed by atoms with Crippen molar-refractivity contribution >= 4 is 60.3 Å². The topological polar surface area (TPSA) is 244 Å². The first-order valence-corrected chi connectivity index (χ1v) is 40.3. The molecule has 11 N–H and O–H groups in total. The Morgan fingerprint density at radius 2 is 1.10 bits per heavy atom. The predicted molar refractivity (Wildman–Crippen MR) is 325 cm³/mol. The number of aliphatic hydroxyl groups excluding tert-OH is 3. The minimum Gasteiger partial charge on any atom is -0.436 e. The largest absolute Gasteiger partial charge is 0.507 e. The summed E-state index contributed by atoms with van der Waals surface area (Å²) < 4.78 is 58.3. The van der Waals surface area contributed by atoms with E-state index in [0.717, 1.165) is 77.9 Å². The second-order valence-electron chi connectivity index (χ2n) is 22.4. The molecule has 0 spiro atoms. The van der Waals surface area contributed by atoms with E-state index in [1.807, 2.05) is 52.9 Å². The molecule has 0 bridgehead atoms. The van der Waals surface area contributed by atoms with Crippen LogP contribution in [-0.2, 0) is 53.0 Å². The van der Waals surface area contributed by atoms with Crippen molar-refractivity contribution in [3.8, 4) is 0 Å². The van der Waals surface area contributed by atoms with E-state index in [9.17, 15) is 15.3 Å². The normalized spacial score (nSPS) is 16.2. The van der Waals surface area contributed by atoms with Crippen LogP contribution in [0.1, 0.15) is 77.5 Å². The predicted octanol–water partition coefficient (Wildman–Crippen LogP) is 5.42. The monoisotopic (exact) mass is 1170 g/mol. The number of anilines is 2. The molecule has 2 rings (SSSR count). The van der Waals surface area contributed by atoms with Crippen LogP contribution >= 0.6 is 0 Å².